The maximum atomic E-state index is 5.36. The summed E-state index contributed by atoms with van der Waals surface area (Å²) in [7, 11) is 1.72. The molecule has 2 heterocycles. The van der Waals surface area contributed by atoms with Crippen LogP contribution in [0.15, 0.2) is 18.2 Å². The molecule has 72 valence electrons. The molecule has 0 fully saturated rings. The molecule has 0 unspecified atom stereocenters. The van der Waals surface area contributed by atoms with Crippen LogP contribution in [0.25, 0.3) is 10.9 Å². The molecule has 0 radical (unpaired) electrons. The summed E-state index contributed by atoms with van der Waals surface area (Å²) >= 11 is 0. The standard InChI is InChI=1S/C11H12N2O/c1-14-10-6-2-4-8-11(10)9-5-3-7-13(9)12-8/h2,4,6H,3,5,7H2,1H3. The van der Waals surface area contributed by atoms with Crippen molar-refractivity contribution in [3.8, 4) is 5.75 Å². The van der Waals surface area contributed by atoms with E-state index in [9.17, 15) is 0 Å². The fraction of sp³-hybridized carbons (Fsp3) is 0.364. The van der Waals surface area contributed by atoms with E-state index in [1.807, 2.05) is 18.2 Å². The number of aryl methyl sites for hydroxylation is 2. The summed E-state index contributed by atoms with van der Waals surface area (Å²) in [6.07, 6.45) is 2.33. The van der Waals surface area contributed by atoms with Gasteiger partial charge in [0.05, 0.1) is 23.7 Å². The van der Waals surface area contributed by atoms with Crippen LogP contribution >= 0.6 is 0 Å². The molecular weight excluding hydrogens is 176 g/mol. The van der Waals surface area contributed by atoms with Crippen LogP contribution in [0.2, 0.25) is 0 Å². The van der Waals surface area contributed by atoms with Gasteiger partial charge in [-0.2, -0.15) is 5.10 Å². The summed E-state index contributed by atoms with van der Waals surface area (Å²) in [6.45, 7) is 1.05. The maximum Gasteiger partial charge on any atom is 0.130 e. The Kier molecular flexibility index (Phi) is 1.54. The number of hydrogen-bond acceptors (Lipinski definition) is 2. The highest BCUT2D eigenvalue weighted by Gasteiger charge is 2.18. The van der Waals surface area contributed by atoms with Crippen molar-refractivity contribution in [3.63, 3.8) is 0 Å². The van der Waals surface area contributed by atoms with Gasteiger partial charge in [0, 0.05) is 6.54 Å². The fourth-order valence-electron chi connectivity index (χ4n) is 2.22. The fourth-order valence-corrected chi connectivity index (χ4v) is 2.22. The van der Waals surface area contributed by atoms with Crippen molar-refractivity contribution in [2.75, 3.05) is 7.11 Å². The zero-order valence-corrected chi connectivity index (χ0v) is 8.16. The van der Waals surface area contributed by atoms with Crippen LogP contribution in [0.1, 0.15) is 12.1 Å². The third-order valence-electron chi connectivity index (χ3n) is 2.84. The van der Waals surface area contributed by atoms with E-state index in [1.165, 1.54) is 17.5 Å². The smallest absolute Gasteiger partial charge is 0.130 e. The number of methoxy groups -OCH3 is 1. The lowest BCUT2D eigenvalue weighted by Gasteiger charge is -2.01. The van der Waals surface area contributed by atoms with E-state index in [0.717, 1.165) is 24.2 Å². The second-order valence-electron chi connectivity index (χ2n) is 3.63. The highest BCUT2D eigenvalue weighted by atomic mass is 16.5. The number of fused-ring (bicyclic) bond motifs is 3. The largest absolute Gasteiger partial charge is 0.496 e. The molecule has 1 aromatic carbocycles. The van der Waals surface area contributed by atoms with Crippen LogP contribution < -0.4 is 4.74 Å². The lowest BCUT2D eigenvalue weighted by Crippen LogP contribution is -1.92. The monoisotopic (exact) mass is 188 g/mol. The number of rotatable bonds is 1. The Labute approximate surface area is 82.3 Å². The minimum Gasteiger partial charge on any atom is -0.496 e. The average Bonchev–Trinajstić information content (AvgIpc) is 2.75. The molecule has 14 heavy (non-hydrogen) atoms. The van der Waals surface area contributed by atoms with Gasteiger partial charge in [0.15, 0.2) is 0 Å². The maximum absolute atomic E-state index is 5.36. The first kappa shape index (κ1) is 7.85. The first-order chi connectivity index (χ1) is 6.90. The molecule has 1 aliphatic rings. The van der Waals surface area contributed by atoms with Crippen molar-refractivity contribution < 1.29 is 4.74 Å². The minimum atomic E-state index is 0.950. The molecule has 0 saturated heterocycles. The quantitative estimate of drug-likeness (QED) is 0.684. The predicted octanol–water partition coefficient (Wildman–Crippen LogP) is 1.99. The van der Waals surface area contributed by atoms with E-state index in [-0.39, 0.29) is 0 Å². The molecular formula is C11H12N2O. The normalized spacial score (nSPS) is 14.6. The van der Waals surface area contributed by atoms with Crippen molar-refractivity contribution in [3.05, 3.63) is 23.9 Å². The van der Waals surface area contributed by atoms with Crippen molar-refractivity contribution in [2.24, 2.45) is 0 Å². The number of nitrogens with zero attached hydrogens (tertiary/aromatic N) is 2. The number of ether oxygens (including phenoxy) is 1. The van der Waals surface area contributed by atoms with Crippen molar-refractivity contribution in [2.45, 2.75) is 19.4 Å². The Morgan fingerprint density at radius 3 is 3.21 bits per heavy atom. The summed E-state index contributed by atoms with van der Waals surface area (Å²) in [6, 6.07) is 6.04. The van der Waals surface area contributed by atoms with Gasteiger partial charge < -0.3 is 4.74 Å². The molecule has 1 aromatic heterocycles. The van der Waals surface area contributed by atoms with Gasteiger partial charge in [0.1, 0.15) is 5.75 Å². The molecule has 3 heteroatoms. The lowest BCUT2D eigenvalue weighted by atomic mass is 10.1. The van der Waals surface area contributed by atoms with Gasteiger partial charge in [-0.15, -0.1) is 0 Å². The Morgan fingerprint density at radius 1 is 1.43 bits per heavy atom. The van der Waals surface area contributed by atoms with E-state index in [2.05, 4.69) is 9.78 Å². The molecule has 0 bridgehead atoms. The predicted molar refractivity (Wildman–Crippen MR) is 54.6 cm³/mol. The van der Waals surface area contributed by atoms with Gasteiger partial charge in [-0.1, -0.05) is 6.07 Å². The van der Waals surface area contributed by atoms with E-state index < -0.39 is 0 Å². The summed E-state index contributed by atoms with van der Waals surface area (Å²) in [5.41, 5.74) is 2.39. The highest BCUT2D eigenvalue weighted by Crippen LogP contribution is 2.31. The third-order valence-corrected chi connectivity index (χ3v) is 2.84. The molecule has 0 aliphatic carbocycles. The highest BCUT2D eigenvalue weighted by molar-refractivity contribution is 5.88. The molecule has 0 N–H and O–H groups in total. The van der Waals surface area contributed by atoms with Crippen LogP contribution in [0, 0.1) is 0 Å². The topological polar surface area (TPSA) is 27.1 Å². The van der Waals surface area contributed by atoms with E-state index >= 15 is 0 Å². The first-order valence-corrected chi connectivity index (χ1v) is 4.92. The van der Waals surface area contributed by atoms with Gasteiger partial charge in [0.2, 0.25) is 0 Å². The van der Waals surface area contributed by atoms with Crippen LogP contribution in [0.4, 0.5) is 0 Å². The molecule has 3 nitrogen and oxygen atoms in total. The molecule has 1 aliphatic heterocycles. The summed E-state index contributed by atoms with van der Waals surface area (Å²) in [5, 5.41) is 5.74. The molecule has 0 spiro atoms. The zero-order chi connectivity index (χ0) is 9.54. The first-order valence-electron chi connectivity index (χ1n) is 4.92. The SMILES string of the molecule is COc1cccc2nn3c(c12)CCC3. The van der Waals surface area contributed by atoms with Crippen LogP contribution in [-0.2, 0) is 13.0 Å². The second kappa shape index (κ2) is 2.74. The average molecular weight is 188 g/mol. The Balaban J connectivity index is 2.39. The molecule has 0 saturated carbocycles. The zero-order valence-electron chi connectivity index (χ0n) is 8.16. The van der Waals surface area contributed by atoms with E-state index in [0.29, 0.717) is 0 Å². The molecule has 3 rings (SSSR count). The van der Waals surface area contributed by atoms with Crippen LogP contribution in [0.3, 0.4) is 0 Å². The summed E-state index contributed by atoms with van der Waals surface area (Å²) in [5.74, 6) is 0.950. The number of aromatic nitrogens is 2. The van der Waals surface area contributed by atoms with Crippen LogP contribution in [0.5, 0.6) is 5.75 Å². The van der Waals surface area contributed by atoms with Gasteiger partial charge in [0.25, 0.3) is 0 Å². The second-order valence-corrected chi connectivity index (χ2v) is 3.63. The Hall–Kier alpha value is -1.51. The molecule has 0 atom stereocenters. The number of benzene rings is 1. The van der Waals surface area contributed by atoms with E-state index in [4.69, 9.17) is 4.74 Å². The van der Waals surface area contributed by atoms with Crippen LogP contribution in [-0.4, -0.2) is 16.9 Å². The van der Waals surface area contributed by atoms with Crippen molar-refractivity contribution in [1.82, 2.24) is 9.78 Å². The van der Waals surface area contributed by atoms with Gasteiger partial charge in [-0.05, 0) is 25.0 Å². The molecule has 0 amide bonds. The minimum absolute atomic E-state index is 0.950. The van der Waals surface area contributed by atoms with Crippen molar-refractivity contribution >= 4 is 10.9 Å². The van der Waals surface area contributed by atoms with Gasteiger partial charge in [-0.3, -0.25) is 4.68 Å². The lowest BCUT2D eigenvalue weighted by molar-refractivity contribution is 0.419. The van der Waals surface area contributed by atoms with Crippen molar-refractivity contribution in [1.29, 1.82) is 0 Å². The Morgan fingerprint density at radius 2 is 2.36 bits per heavy atom. The summed E-state index contributed by atoms with van der Waals surface area (Å²) in [4.78, 5) is 0. The number of hydrogen-bond donors (Lipinski definition) is 0. The van der Waals surface area contributed by atoms with E-state index in [1.54, 1.807) is 7.11 Å². The van der Waals surface area contributed by atoms with Gasteiger partial charge >= 0.3 is 0 Å². The third kappa shape index (κ3) is 0.895. The van der Waals surface area contributed by atoms with Gasteiger partial charge in [-0.25, -0.2) is 0 Å². The molecule has 2 aromatic rings. The Bertz CT molecular complexity index is 487. The summed E-state index contributed by atoms with van der Waals surface area (Å²) < 4.78 is 7.46.